The first-order valence-electron chi connectivity index (χ1n) is 5.57. The monoisotopic (exact) mass is 373 g/mol. The highest BCUT2D eigenvalue weighted by atomic mass is 79.9. The van der Waals surface area contributed by atoms with Gasteiger partial charge in [-0.2, -0.15) is 0 Å². The van der Waals surface area contributed by atoms with E-state index in [1.807, 2.05) is 0 Å². The maximum atomic E-state index is 9.85. The van der Waals surface area contributed by atoms with Gasteiger partial charge in [0, 0.05) is 16.3 Å². The number of methoxy groups -OCH3 is 1. The maximum Gasteiger partial charge on any atom is 0.143 e. The van der Waals surface area contributed by atoms with E-state index < -0.39 is 0 Å². The average Bonchev–Trinajstić information content (AvgIpc) is 2.41. The van der Waals surface area contributed by atoms with Crippen LogP contribution in [0.3, 0.4) is 0 Å². The van der Waals surface area contributed by atoms with Crippen molar-refractivity contribution in [1.82, 2.24) is 0 Å². The fraction of sp³-hybridized carbons (Fsp3) is 0.0714. The van der Waals surface area contributed by atoms with Crippen LogP contribution >= 0.6 is 39.1 Å². The average molecular weight is 375 g/mol. The van der Waals surface area contributed by atoms with Crippen molar-refractivity contribution in [2.24, 2.45) is 4.99 Å². The Labute approximate surface area is 134 Å². The van der Waals surface area contributed by atoms with Gasteiger partial charge < -0.3 is 9.84 Å². The summed E-state index contributed by atoms with van der Waals surface area (Å²) in [6.07, 6.45) is 1.52. The molecule has 0 atom stereocenters. The molecule has 0 aliphatic heterocycles. The third-order valence-electron chi connectivity index (χ3n) is 2.55. The second-order valence-corrected chi connectivity index (χ2v) is 5.63. The summed E-state index contributed by atoms with van der Waals surface area (Å²) in [7, 11) is 1.55. The molecule has 0 amide bonds. The Kier molecular flexibility index (Phi) is 4.91. The second kappa shape index (κ2) is 6.48. The number of halogens is 3. The van der Waals surface area contributed by atoms with Crippen LogP contribution in [0.4, 0.5) is 5.69 Å². The maximum absolute atomic E-state index is 9.85. The van der Waals surface area contributed by atoms with Gasteiger partial charge in [0.05, 0.1) is 22.8 Å². The third-order valence-corrected chi connectivity index (χ3v) is 3.59. The minimum Gasteiger partial charge on any atom is -0.506 e. The predicted molar refractivity (Wildman–Crippen MR) is 86.1 cm³/mol. The minimum absolute atomic E-state index is 0.0155. The van der Waals surface area contributed by atoms with E-state index >= 15 is 0 Å². The van der Waals surface area contributed by atoms with E-state index in [9.17, 15) is 5.11 Å². The van der Waals surface area contributed by atoms with Crippen molar-refractivity contribution in [2.45, 2.75) is 0 Å². The Morgan fingerprint density at radius 1 is 1.20 bits per heavy atom. The first-order valence-corrected chi connectivity index (χ1v) is 7.12. The highest BCUT2D eigenvalue weighted by molar-refractivity contribution is 9.10. The molecule has 2 aromatic rings. The van der Waals surface area contributed by atoms with Crippen LogP contribution in [0.25, 0.3) is 0 Å². The lowest BCUT2D eigenvalue weighted by Crippen LogP contribution is -1.85. The smallest absolute Gasteiger partial charge is 0.143 e. The highest BCUT2D eigenvalue weighted by Crippen LogP contribution is 2.31. The van der Waals surface area contributed by atoms with Crippen molar-refractivity contribution < 1.29 is 9.84 Å². The van der Waals surface area contributed by atoms with Crippen LogP contribution in [0, 0.1) is 0 Å². The molecule has 2 rings (SSSR count). The number of ether oxygens (including phenoxy) is 1. The normalized spacial score (nSPS) is 11.0. The highest BCUT2D eigenvalue weighted by Gasteiger charge is 2.06. The van der Waals surface area contributed by atoms with Gasteiger partial charge in [-0.1, -0.05) is 39.1 Å². The lowest BCUT2D eigenvalue weighted by Gasteiger charge is -2.04. The molecule has 0 spiro atoms. The van der Waals surface area contributed by atoms with E-state index in [0.717, 1.165) is 4.47 Å². The van der Waals surface area contributed by atoms with Gasteiger partial charge >= 0.3 is 0 Å². The number of aliphatic imine (C=N–C) groups is 1. The molecular formula is C14H10BrCl2NO2. The summed E-state index contributed by atoms with van der Waals surface area (Å²) in [6.45, 7) is 0. The van der Waals surface area contributed by atoms with Gasteiger partial charge in [-0.15, -0.1) is 0 Å². The second-order valence-electron chi connectivity index (χ2n) is 3.90. The SMILES string of the molecule is COc1ccc(N=Cc2cc(Br)cc(Cl)c2O)cc1Cl. The van der Waals surface area contributed by atoms with Crippen molar-refractivity contribution in [1.29, 1.82) is 0 Å². The van der Waals surface area contributed by atoms with Gasteiger partial charge in [0.1, 0.15) is 11.5 Å². The van der Waals surface area contributed by atoms with E-state index in [-0.39, 0.29) is 10.8 Å². The number of phenolic OH excluding ortho intramolecular Hbond substituents is 1. The molecule has 0 unspecified atom stereocenters. The molecule has 1 N–H and O–H groups in total. The Bertz CT molecular complexity index is 674. The largest absolute Gasteiger partial charge is 0.506 e. The molecule has 0 heterocycles. The first kappa shape index (κ1) is 15.2. The van der Waals surface area contributed by atoms with Crippen LogP contribution in [0.15, 0.2) is 39.8 Å². The number of nitrogens with zero attached hydrogens (tertiary/aromatic N) is 1. The topological polar surface area (TPSA) is 41.8 Å². The molecule has 104 valence electrons. The number of hydrogen-bond donors (Lipinski definition) is 1. The van der Waals surface area contributed by atoms with Gasteiger partial charge in [-0.3, -0.25) is 4.99 Å². The third kappa shape index (κ3) is 3.45. The fourth-order valence-corrected chi connectivity index (χ4v) is 2.65. The van der Waals surface area contributed by atoms with Crippen LogP contribution in [-0.2, 0) is 0 Å². The van der Waals surface area contributed by atoms with Crippen LogP contribution < -0.4 is 4.74 Å². The Morgan fingerprint density at radius 3 is 2.60 bits per heavy atom. The van der Waals surface area contributed by atoms with Gasteiger partial charge in [0.15, 0.2) is 0 Å². The predicted octanol–water partition coefficient (Wildman–Crippen LogP) is 5.22. The molecule has 0 saturated carbocycles. The molecule has 6 heteroatoms. The van der Waals surface area contributed by atoms with Gasteiger partial charge in [0.25, 0.3) is 0 Å². The molecular weight excluding hydrogens is 365 g/mol. The minimum atomic E-state index is -0.0155. The molecule has 0 radical (unpaired) electrons. The zero-order chi connectivity index (χ0) is 14.7. The summed E-state index contributed by atoms with van der Waals surface area (Å²) in [5.74, 6) is 0.567. The Balaban J connectivity index is 2.32. The number of benzene rings is 2. The van der Waals surface area contributed by atoms with Crippen molar-refractivity contribution >= 4 is 51.0 Å². The van der Waals surface area contributed by atoms with E-state index in [0.29, 0.717) is 22.0 Å². The van der Waals surface area contributed by atoms with Crippen molar-refractivity contribution in [3.8, 4) is 11.5 Å². The van der Waals surface area contributed by atoms with E-state index in [4.69, 9.17) is 27.9 Å². The number of hydrogen-bond acceptors (Lipinski definition) is 3. The Hall–Kier alpha value is -1.23. The van der Waals surface area contributed by atoms with E-state index in [1.54, 1.807) is 37.4 Å². The quantitative estimate of drug-likeness (QED) is 0.748. The van der Waals surface area contributed by atoms with Gasteiger partial charge in [-0.05, 0) is 30.3 Å². The molecule has 0 saturated heterocycles. The molecule has 3 nitrogen and oxygen atoms in total. The zero-order valence-electron chi connectivity index (χ0n) is 10.4. The van der Waals surface area contributed by atoms with Gasteiger partial charge in [-0.25, -0.2) is 0 Å². The molecule has 0 aliphatic rings. The van der Waals surface area contributed by atoms with E-state index in [2.05, 4.69) is 20.9 Å². The summed E-state index contributed by atoms with van der Waals surface area (Å²) < 4.78 is 5.82. The molecule has 0 aromatic heterocycles. The summed E-state index contributed by atoms with van der Waals surface area (Å²) in [5, 5.41) is 10.6. The summed E-state index contributed by atoms with van der Waals surface area (Å²) >= 11 is 15.2. The zero-order valence-corrected chi connectivity index (χ0v) is 13.5. The molecule has 0 bridgehead atoms. The lowest BCUT2D eigenvalue weighted by atomic mass is 10.2. The van der Waals surface area contributed by atoms with Crippen LogP contribution in [0.5, 0.6) is 11.5 Å². The Morgan fingerprint density at radius 2 is 1.95 bits per heavy atom. The standard InChI is InChI=1S/C14H10BrCl2NO2/c1-20-13-3-2-10(6-11(13)16)18-7-8-4-9(15)5-12(17)14(8)19/h2-7,19H,1H3. The lowest BCUT2D eigenvalue weighted by molar-refractivity contribution is 0.415. The number of rotatable bonds is 3. The van der Waals surface area contributed by atoms with Crippen LogP contribution in [-0.4, -0.2) is 18.4 Å². The molecule has 20 heavy (non-hydrogen) atoms. The van der Waals surface area contributed by atoms with Gasteiger partial charge in [0.2, 0.25) is 0 Å². The van der Waals surface area contributed by atoms with E-state index in [1.165, 1.54) is 6.21 Å². The molecule has 0 fully saturated rings. The fourth-order valence-electron chi connectivity index (χ4n) is 1.56. The molecule has 2 aromatic carbocycles. The first-order chi connectivity index (χ1) is 9.51. The summed E-state index contributed by atoms with van der Waals surface area (Å²) in [5.41, 5.74) is 1.16. The van der Waals surface area contributed by atoms with Crippen LogP contribution in [0.1, 0.15) is 5.56 Å². The summed E-state index contributed by atoms with van der Waals surface area (Å²) in [4.78, 5) is 4.25. The van der Waals surface area contributed by atoms with Crippen molar-refractivity contribution in [3.05, 3.63) is 50.4 Å². The van der Waals surface area contributed by atoms with Crippen LogP contribution in [0.2, 0.25) is 10.0 Å². The molecule has 0 aliphatic carbocycles. The number of aromatic hydroxyl groups is 1. The summed E-state index contributed by atoms with van der Waals surface area (Å²) in [6, 6.07) is 8.49. The number of phenols is 1. The van der Waals surface area contributed by atoms with Crippen molar-refractivity contribution in [2.75, 3.05) is 7.11 Å². The van der Waals surface area contributed by atoms with Crippen molar-refractivity contribution in [3.63, 3.8) is 0 Å².